The fourth-order valence-electron chi connectivity index (χ4n) is 1.28. The van der Waals surface area contributed by atoms with Crippen LogP contribution < -0.4 is 0 Å². The summed E-state index contributed by atoms with van der Waals surface area (Å²) in [6, 6.07) is 1.95. The van der Waals surface area contributed by atoms with Crippen molar-refractivity contribution in [2.24, 2.45) is 0 Å². The number of nitrogens with zero attached hydrogens (tertiary/aromatic N) is 1. The molecule has 15 heavy (non-hydrogen) atoms. The Kier molecular flexibility index (Phi) is 2.62. The summed E-state index contributed by atoms with van der Waals surface area (Å²) in [6.45, 7) is 1.97. The summed E-state index contributed by atoms with van der Waals surface area (Å²) in [5, 5.41) is 15.4. The molecule has 0 aliphatic rings. The van der Waals surface area contributed by atoms with E-state index in [1.807, 2.05) is 13.0 Å². The Labute approximate surface area is 98.1 Å². The molecule has 0 aromatic carbocycles. The van der Waals surface area contributed by atoms with Crippen molar-refractivity contribution in [3.05, 3.63) is 27.2 Å². The highest BCUT2D eigenvalue weighted by Crippen LogP contribution is 2.36. The molecular formula is C9H7BrN2O2S. The largest absolute Gasteiger partial charge is 0.478 e. The van der Waals surface area contributed by atoms with Crippen molar-refractivity contribution in [2.75, 3.05) is 0 Å². The van der Waals surface area contributed by atoms with Gasteiger partial charge in [0, 0.05) is 9.35 Å². The van der Waals surface area contributed by atoms with Crippen LogP contribution in [-0.2, 0) is 0 Å². The normalized spacial score (nSPS) is 10.5. The van der Waals surface area contributed by atoms with E-state index in [1.54, 1.807) is 0 Å². The zero-order chi connectivity index (χ0) is 11.0. The van der Waals surface area contributed by atoms with Crippen molar-refractivity contribution in [3.63, 3.8) is 0 Å². The van der Waals surface area contributed by atoms with E-state index in [2.05, 4.69) is 26.1 Å². The lowest BCUT2D eigenvalue weighted by molar-refractivity contribution is 0.0698. The molecule has 0 radical (unpaired) electrons. The highest BCUT2D eigenvalue weighted by molar-refractivity contribution is 9.10. The summed E-state index contributed by atoms with van der Waals surface area (Å²) in [4.78, 5) is 12.9. The quantitative estimate of drug-likeness (QED) is 0.892. The van der Waals surface area contributed by atoms with Gasteiger partial charge < -0.3 is 5.11 Å². The van der Waals surface area contributed by atoms with Crippen molar-refractivity contribution in [1.29, 1.82) is 0 Å². The average molecular weight is 287 g/mol. The first-order valence-corrected chi connectivity index (χ1v) is 5.73. The molecule has 4 nitrogen and oxygen atoms in total. The van der Waals surface area contributed by atoms with Crippen LogP contribution in [0.1, 0.15) is 15.2 Å². The van der Waals surface area contributed by atoms with E-state index in [-0.39, 0.29) is 5.56 Å². The van der Waals surface area contributed by atoms with Crippen LogP contribution in [0, 0.1) is 6.92 Å². The van der Waals surface area contributed by atoms with Gasteiger partial charge in [-0.25, -0.2) is 4.79 Å². The molecule has 0 atom stereocenters. The number of aromatic nitrogens is 2. The zero-order valence-electron chi connectivity index (χ0n) is 7.74. The SMILES string of the molecule is Cc1cc(Br)c(-c2[nH]ncc2C(=O)O)s1. The number of carboxylic acid groups (broad SMARTS) is 1. The first-order chi connectivity index (χ1) is 7.09. The number of nitrogens with one attached hydrogen (secondary N) is 1. The molecule has 0 aliphatic carbocycles. The van der Waals surface area contributed by atoms with Gasteiger partial charge in [-0.05, 0) is 28.9 Å². The molecule has 0 amide bonds. The van der Waals surface area contributed by atoms with Gasteiger partial charge in [0.2, 0.25) is 0 Å². The summed E-state index contributed by atoms with van der Waals surface area (Å²) >= 11 is 4.91. The maximum Gasteiger partial charge on any atom is 0.339 e. The third kappa shape index (κ3) is 1.82. The predicted octanol–water partition coefficient (Wildman–Crippen LogP) is 2.91. The lowest BCUT2D eigenvalue weighted by Crippen LogP contribution is -1.95. The van der Waals surface area contributed by atoms with Crippen LogP contribution in [0.15, 0.2) is 16.7 Å². The number of hydrogen-bond donors (Lipinski definition) is 2. The Balaban J connectivity index is 2.58. The fraction of sp³-hybridized carbons (Fsp3) is 0.111. The van der Waals surface area contributed by atoms with Crippen LogP contribution in [0.2, 0.25) is 0 Å². The minimum Gasteiger partial charge on any atom is -0.478 e. The van der Waals surface area contributed by atoms with Gasteiger partial charge in [-0.1, -0.05) is 0 Å². The summed E-state index contributed by atoms with van der Waals surface area (Å²) in [5.74, 6) is -0.975. The Bertz CT molecular complexity index is 518. The summed E-state index contributed by atoms with van der Waals surface area (Å²) < 4.78 is 0.886. The standard InChI is InChI=1S/C9H7BrN2O2S/c1-4-2-6(10)8(15-4)7-5(9(13)14)3-11-12-7/h2-3H,1H3,(H,11,12)(H,13,14). The second kappa shape index (κ2) is 3.79. The van der Waals surface area contributed by atoms with Gasteiger partial charge in [-0.3, -0.25) is 5.10 Å². The van der Waals surface area contributed by atoms with Gasteiger partial charge in [0.1, 0.15) is 5.56 Å². The maximum atomic E-state index is 10.9. The third-order valence-corrected chi connectivity index (χ3v) is 3.86. The van der Waals surface area contributed by atoms with E-state index >= 15 is 0 Å². The highest BCUT2D eigenvalue weighted by Gasteiger charge is 2.17. The lowest BCUT2D eigenvalue weighted by atomic mass is 10.2. The van der Waals surface area contributed by atoms with Gasteiger partial charge in [-0.15, -0.1) is 11.3 Å². The number of carbonyl (C=O) groups is 1. The van der Waals surface area contributed by atoms with Crippen molar-refractivity contribution < 1.29 is 9.90 Å². The number of aromatic amines is 1. The second-order valence-corrected chi connectivity index (χ2v) is 5.11. The molecule has 78 valence electrons. The van der Waals surface area contributed by atoms with Crippen molar-refractivity contribution in [1.82, 2.24) is 10.2 Å². The first kappa shape index (κ1) is 10.4. The molecular weight excluding hydrogens is 280 g/mol. The molecule has 2 rings (SSSR count). The highest BCUT2D eigenvalue weighted by atomic mass is 79.9. The van der Waals surface area contributed by atoms with E-state index in [0.717, 1.165) is 14.2 Å². The molecule has 2 heterocycles. The van der Waals surface area contributed by atoms with Crippen molar-refractivity contribution >= 4 is 33.2 Å². The Hall–Kier alpha value is -1.14. The Morgan fingerprint density at radius 2 is 2.40 bits per heavy atom. The van der Waals surface area contributed by atoms with Gasteiger partial charge >= 0.3 is 5.97 Å². The zero-order valence-corrected chi connectivity index (χ0v) is 10.1. The molecule has 0 unspecified atom stereocenters. The number of halogens is 1. The number of H-pyrrole nitrogens is 1. The number of rotatable bonds is 2. The van der Waals surface area contributed by atoms with Crippen molar-refractivity contribution in [2.45, 2.75) is 6.92 Å². The topological polar surface area (TPSA) is 66.0 Å². The molecule has 0 aliphatic heterocycles. The molecule has 0 fully saturated rings. The maximum absolute atomic E-state index is 10.9. The van der Waals surface area contributed by atoms with E-state index < -0.39 is 5.97 Å². The monoisotopic (exact) mass is 286 g/mol. The number of hydrogen-bond acceptors (Lipinski definition) is 3. The van der Waals surface area contributed by atoms with Crippen LogP contribution >= 0.6 is 27.3 Å². The van der Waals surface area contributed by atoms with Crippen LogP contribution in [0.4, 0.5) is 0 Å². The fourth-order valence-corrected chi connectivity index (χ4v) is 3.12. The third-order valence-electron chi connectivity index (χ3n) is 1.91. The van der Waals surface area contributed by atoms with E-state index in [0.29, 0.717) is 5.69 Å². The van der Waals surface area contributed by atoms with Crippen LogP contribution in [0.25, 0.3) is 10.6 Å². The molecule has 6 heteroatoms. The minimum atomic E-state index is -0.975. The molecule has 0 saturated carbocycles. The van der Waals surface area contributed by atoms with E-state index in [4.69, 9.17) is 5.11 Å². The molecule has 2 aromatic heterocycles. The second-order valence-electron chi connectivity index (χ2n) is 3.00. The number of aryl methyl sites for hydroxylation is 1. The summed E-state index contributed by atoms with van der Waals surface area (Å²) in [5.41, 5.74) is 0.741. The Morgan fingerprint density at radius 1 is 1.67 bits per heavy atom. The number of aromatic carboxylic acids is 1. The van der Waals surface area contributed by atoms with Crippen molar-refractivity contribution in [3.8, 4) is 10.6 Å². The minimum absolute atomic E-state index is 0.192. The smallest absolute Gasteiger partial charge is 0.339 e. The predicted molar refractivity (Wildman–Crippen MR) is 61.3 cm³/mol. The summed E-state index contributed by atoms with van der Waals surface area (Å²) in [6.07, 6.45) is 1.32. The van der Waals surface area contributed by atoms with E-state index in [1.165, 1.54) is 17.5 Å². The van der Waals surface area contributed by atoms with Gasteiger partial charge in [0.15, 0.2) is 0 Å². The van der Waals surface area contributed by atoms with E-state index in [9.17, 15) is 4.79 Å². The van der Waals surface area contributed by atoms with Gasteiger partial charge in [-0.2, -0.15) is 5.10 Å². The van der Waals surface area contributed by atoms with Crippen LogP contribution in [-0.4, -0.2) is 21.3 Å². The molecule has 2 aromatic rings. The summed E-state index contributed by atoms with van der Waals surface area (Å²) in [7, 11) is 0. The Morgan fingerprint density at radius 3 is 2.93 bits per heavy atom. The van der Waals surface area contributed by atoms with Crippen LogP contribution in [0.3, 0.4) is 0 Å². The molecule has 0 bridgehead atoms. The van der Waals surface area contributed by atoms with Gasteiger partial charge in [0.25, 0.3) is 0 Å². The number of carboxylic acids is 1. The van der Waals surface area contributed by atoms with Crippen LogP contribution in [0.5, 0.6) is 0 Å². The van der Waals surface area contributed by atoms with Gasteiger partial charge in [0.05, 0.1) is 16.8 Å². The molecule has 0 spiro atoms. The first-order valence-electron chi connectivity index (χ1n) is 4.12. The average Bonchev–Trinajstić information content (AvgIpc) is 2.71. The molecule has 2 N–H and O–H groups in total. The molecule has 0 saturated heterocycles. The lowest BCUT2D eigenvalue weighted by Gasteiger charge is -1.96. The number of thiophene rings is 1.